The van der Waals surface area contributed by atoms with Gasteiger partial charge in [0.15, 0.2) is 0 Å². The van der Waals surface area contributed by atoms with E-state index in [0.29, 0.717) is 5.54 Å². The Bertz CT molecular complexity index is 187. The van der Waals surface area contributed by atoms with Crippen LogP contribution in [0.5, 0.6) is 0 Å². The zero-order valence-corrected chi connectivity index (χ0v) is 8.77. The molecule has 2 nitrogen and oxygen atoms in total. The minimum atomic E-state index is 0.425. The van der Waals surface area contributed by atoms with E-state index in [4.69, 9.17) is 6.42 Å². The number of likely N-dealkylation sites (N-methyl/N-ethyl adjacent to an activating group) is 1. The first-order chi connectivity index (χ1) is 6.21. The topological polar surface area (TPSA) is 15.3 Å². The van der Waals surface area contributed by atoms with Crippen molar-refractivity contribution in [3.05, 3.63) is 0 Å². The number of hydrogen-bond acceptors (Lipinski definition) is 2. The quantitative estimate of drug-likeness (QED) is 0.503. The molecule has 0 aromatic carbocycles. The number of nitrogens with one attached hydrogen (secondary N) is 1. The largest absolute Gasteiger partial charge is 0.314 e. The van der Waals surface area contributed by atoms with Crippen LogP contribution in [0, 0.1) is 12.3 Å². The predicted octanol–water partition coefficient (Wildman–Crippen LogP) is 1.08. The summed E-state index contributed by atoms with van der Waals surface area (Å²) in [6.45, 7) is 2.04. The van der Waals surface area contributed by atoms with E-state index in [1.165, 1.54) is 19.3 Å². The van der Waals surface area contributed by atoms with E-state index in [1.54, 1.807) is 0 Å². The average molecular weight is 180 g/mol. The number of nitrogens with zero attached hydrogens (tertiary/aromatic N) is 1. The predicted molar refractivity (Wildman–Crippen MR) is 56.6 cm³/mol. The lowest BCUT2D eigenvalue weighted by molar-refractivity contribution is 0.0605. The number of rotatable bonds is 5. The van der Waals surface area contributed by atoms with Crippen LogP contribution in [0.4, 0.5) is 0 Å². The Labute approximate surface area is 81.7 Å². The summed E-state index contributed by atoms with van der Waals surface area (Å²) in [5, 5.41) is 3.43. The third-order valence-corrected chi connectivity index (χ3v) is 3.13. The van der Waals surface area contributed by atoms with E-state index in [9.17, 15) is 0 Å². The molecule has 0 aromatic heterocycles. The molecule has 0 aromatic rings. The molecule has 0 amide bonds. The maximum absolute atomic E-state index is 5.18. The van der Waals surface area contributed by atoms with E-state index in [0.717, 1.165) is 19.5 Å². The van der Waals surface area contributed by atoms with E-state index < -0.39 is 0 Å². The fourth-order valence-electron chi connectivity index (χ4n) is 1.85. The van der Waals surface area contributed by atoms with Crippen molar-refractivity contribution in [3.8, 4) is 12.3 Å². The lowest BCUT2D eigenvalue weighted by Crippen LogP contribution is -2.56. The van der Waals surface area contributed by atoms with Crippen molar-refractivity contribution < 1.29 is 0 Å². The van der Waals surface area contributed by atoms with Gasteiger partial charge in [-0.05, 0) is 33.4 Å². The number of terminal acetylenes is 1. The zero-order chi connectivity index (χ0) is 9.73. The highest BCUT2D eigenvalue weighted by atomic mass is 15.2. The Kier molecular flexibility index (Phi) is 3.77. The molecule has 0 heterocycles. The van der Waals surface area contributed by atoms with Gasteiger partial charge in [-0.3, -0.25) is 0 Å². The molecule has 1 aliphatic carbocycles. The highest BCUT2D eigenvalue weighted by Gasteiger charge is 2.38. The van der Waals surface area contributed by atoms with Crippen molar-refractivity contribution in [1.29, 1.82) is 0 Å². The van der Waals surface area contributed by atoms with Gasteiger partial charge in [-0.25, -0.2) is 0 Å². The first kappa shape index (κ1) is 10.6. The van der Waals surface area contributed by atoms with Crippen LogP contribution >= 0.6 is 0 Å². The minimum absolute atomic E-state index is 0.425. The molecule has 0 spiro atoms. The van der Waals surface area contributed by atoms with Crippen molar-refractivity contribution in [2.45, 2.75) is 31.2 Å². The van der Waals surface area contributed by atoms with Crippen LogP contribution in [-0.4, -0.2) is 37.6 Å². The average Bonchev–Trinajstić information content (AvgIpc) is 2.01. The first-order valence-corrected chi connectivity index (χ1v) is 5.03. The highest BCUT2D eigenvalue weighted by Crippen LogP contribution is 2.35. The standard InChI is InChI=1S/C11H20N2/c1-4-5-9-12-10-11(13(2)3)7-6-8-11/h1,12H,5-10H2,2-3H3. The zero-order valence-electron chi connectivity index (χ0n) is 8.77. The summed E-state index contributed by atoms with van der Waals surface area (Å²) in [5.74, 6) is 2.64. The lowest BCUT2D eigenvalue weighted by Gasteiger charge is -2.47. The molecule has 1 saturated carbocycles. The Morgan fingerprint density at radius 2 is 2.15 bits per heavy atom. The third kappa shape index (κ3) is 2.46. The molecule has 13 heavy (non-hydrogen) atoms. The summed E-state index contributed by atoms with van der Waals surface area (Å²) in [6.07, 6.45) is 10.0. The van der Waals surface area contributed by atoms with Gasteiger partial charge in [-0.1, -0.05) is 0 Å². The fraction of sp³-hybridized carbons (Fsp3) is 0.818. The summed E-state index contributed by atoms with van der Waals surface area (Å²) < 4.78 is 0. The van der Waals surface area contributed by atoms with Crippen LogP contribution in [0.1, 0.15) is 25.7 Å². The van der Waals surface area contributed by atoms with E-state index in [1.807, 2.05) is 0 Å². The van der Waals surface area contributed by atoms with E-state index in [2.05, 4.69) is 30.2 Å². The van der Waals surface area contributed by atoms with Crippen molar-refractivity contribution in [3.63, 3.8) is 0 Å². The smallest absolute Gasteiger partial charge is 0.0327 e. The second-order valence-electron chi connectivity index (χ2n) is 4.10. The van der Waals surface area contributed by atoms with Gasteiger partial charge in [0.25, 0.3) is 0 Å². The van der Waals surface area contributed by atoms with Crippen LogP contribution in [0.3, 0.4) is 0 Å². The second-order valence-corrected chi connectivity index (χ2v) is 4.10. The van der Waals surface area contributed by atoms with Gasteiger partial charge in [-0.15, -0.1) is 12.3 Å². The maximum Gasteiger partial charge on any atom is 0.0327 e. The molecule has 74 valence electrons. The van der Waals surface area contributed by atoms with Gasteiger partial charge in [0.2, 0.25) is 0 Å². The Hall–Kier alpha value is -0.520. The Morgan fingerprint density at radius 1 is 1.46 bits per heavy atom. The monoisotopic (exact) mass is 180 g/mol. The van der Waals surface area contributed by atoms with Gasteiger partial charge >= 0.3 is 0 Å². The SMILES string of the molecule is C#CCCNCC1(N(C)C)CCC1. The van der Waals surface area contributed by atoms with Crippen molar-refractivity contribution in [2.75, 3.05) is 27.2 Å². The molecule has 0 saturated heterocycles. The van der Waals surface area contributed by atoms with Crippen LogP contribution in [-0.2, 0) is 0 Å². The van der Waals surface area contributed by atoms with E-state index in [-0.39, 0.29) is 0 Å². The maximum atomic E-state index is 5.18. The lowest BCUT2D eigenvalue weighted by atomic mass is 9.75. The van der Waals surface area contributed by atoms with Gasteiger partial charge < -0.3 is 10.2 Å². The van der Waals surface area contributed by atoms with Crippen LogP contribution < -0.4 is 5.32 Å². The summed E-state index contributed by atoms with van der Waals surface area (Å²) in [7, 11) is 4.34. The third-order valence-electron chi connectivity index (χ3n) is 3.13. The minimum Gasteiger partial charge on any atom is -0.314 e. The van der Waals surface area contributed by atoms with E-state index >= 15 is 0 Å². The van der Waals surface area contributed by atoms with Gasteiger partial charge in [0.05, 0.1) is 0 Å². The normalized spacial score (nSPS) is 19.5. The molecule has 0 unspecified atom stereocenters. The van der Waals surface area contributed by atoms with Gasteiger partial charge in [0, 0.05) is 25.0 Å². The van der Waals surface area contributed by atoms with Crippen LogP contribution in [0.2, 0.25) is 0 Å². The van der Waals surface area contributed by atoms with Crippen molar-refractivity contribution in [1.82, 2.24) is 10.2 Å². The number of hydrogen-bond donors (Lipinski definition) is 1. The molecule has 0 radical (unpaired) electrons. The molecular weight excluding hydrogens is 160 g/mol. The molecule has 1 fully saturated rings. The van der Waals surface area contributed by atoms with Gasteiger partial charge in [0.1, 0.15) is 0 Å². The fourth-order valence-corrected chi connectivity index (χ4v) is 1.85. The van der Waals surface area contributed by atoms with Crippen LogP contribution in [0.15, 0.2) is 0 Å². The van der Waals surface area contributed by atoms with Gasteiger partial charge in [-0.2, -0.15) is 0 Å². The summed E-state index contributed by atoms with van der Waals surface area (Å²) >= 11 is 0. The second kappa shape index (κ2) is 4.64. The molecule has 1 aliphatic rings. The molecule has 0 bridgehead atoms. The summed E-state index contributed by atoms with van der Waals surface area (Å²) in [4.78, 5) is 2.35. The van der Waals surface area contributed by atoms with Crippen molar-refractivity contribution in [2.24, 2.45) is 0 Å². The molecular formula is C11H20N2. The first-order valence-electron chi connectivity index (χ1n) is 5.03. The highest BCUT2D eigenvalue weighted by molar-refractivity contribution is 4.97. The molecule has 1 N–H and O–H groups in total. The van der Waals surface area contributed by atoms with Crippen LogP contribution in [0.25, 0.3) is 0 Å². The molecule has 0 atom stereocenters. The Balaban J connectivity index is 2.21. The molecule has 0 aliphatic heterocycles. The Morgan fingerprint density at radius 3 is 2.54 bits per heavy atom. The van der Waals surface area contributed by atoms with Crippen molar-refractivity contribution >= 4 is 0 Å². The summed E-state index contributed by atoms with van der Waals surface area (Å²) in [6, 6.07) is 0. The molecule has 2 heteroatoms. The summed E-state index contributed by atoms with van der Waals surface area (Å²) in [5.41, 5.74) is 0.425. The molecule has 1 rings (SSSR count).